The molecule has 6 nitrogen and oxygen atoms in total. The Balaban J connectivity index is 2.18. The first-order valence-electron chi connectivity index (χ1n) is 5.31. The number of nitrogens with zero attached hydrogens (tertiary/aromatic N) is 2. The topological polar surface area (TPSA) is 84.2 Å². The molecule has 0 aliphatic rings. The number of rotatable bonds is 3. The molecule has 1 heterocycles. The van der Waals surface area contributed by atoms with Crippen LogP contribution in [0, 0.1) is 0 Å². The fraction of sp³-hybridized carbons (Fsp3) is 0.0833. The largest absolute Gasteiger partial charge is 0.477 e. The van der Waals surface area contributed by atoms with Crippen molar-refractivity contribution in [1.29, 1.82) is 0 Å². The molecular weight excluding hydrogens is 270 g/mol. The van der Waals surface area contributed by atoms with Gasteiger partial charge in [-0.05, 0) is 24.3 Å². The van der Waals surface area contributed by atoms with Gasteiger partial charge in [0.1, 0.15) is 5.69 Å². The number of aryl methyl sites for hydroxylation is 1. The van der Waals surface area contributed by atoms with Gasteiger partial charge in [0.25, 0.3) is 5.91 Å². The van der Waals surface area contributed by atoms with Crippen molar-refractivity contribution in [3.8, 4) is 0 Å². The molecule has 0 unspecified atom stereocenters. The van der Waals surface area contributed by atoms with Crippen molar-refractivity contribution in [2.24, 2.45) is 7.05 Å². The molecule has 0 fully saturated rings. The Hall–Kier alpha value is -2.34. The lowest BCUT2D eigenvalue weighted by Crippen LogP contribution is -2.12. The van der Waals surface area contributed by atoms with Crippen molar-refractivity contribution >= 4 is 29.2 Å². The van der Waals surface area contributed by atoms with E-state index in [1.807, 2.05) is 0 Å². The quantitative estimate of drug-likeness (QED) is 0.900. The van der Waals surface area contributed by atoms with E-state index in [0.717, 1.165) is 4.68 Å². The highest BCUT2D eigenvalue weighted by Crippen LogP contribution is 2.14. The first-order chi connectivity index (χ1) is 8.97. The Labute approximate surface area is 113 Å². The number of anilines is 1. The van der Waals surface area contributed by atoms with E-state index < -0.39 is 11.9 Å². The molecule has 0 bridgehead atoms. The molecule has 0 spiro atoms. The van der Waals surface area contributed by atoms with Crippen LogP contribution in [-0.4, -0.2) is 26.8 Å². The van der Waals surface area contributed by atoms with Gasteiger partial charge in [0.05, 0.1) is 0 Å². The number of halogens is 1. The average molecular weight is 280 g/mol. The second-order valence-corrected chi connectivity index (χ2v) is 4.24. The molecule has 2 aromatic rings. The average Bonchev–Trinajstić information content (AvgIpc) is 2.74. The standard InChI is InChI=1S/C12H10ClN3O3/c1-16-10(12(18)19)6-9(15-16)11(17)14-8-4-2-7(13)3-5-8/h2-6H,1H3,(H,14,17)(H,18,19). The van der Waals surface area contributed by atoms with Gasteiger partial charge in [0.15, 0.2) is 5.69 Å². The van der Waals surface area contributed by atoms with Crippen LogP contribution in [0.1, 0.15) is 21.0 Å². The first kappa shape index (κ1) is 13.1. The van der Waals surface area contributed by atoms with Crippen LogP contribution in [0.2, 0.25) is 5.02 Å². The van der Waals surface area contributed by atoms with E-state index in [0.29, 0.717) is 10.7 Å². The van der Waals surface area contributed by atoms with E-state index >= 15 is 0 Å². The van der Waals surface area contributed by atoms with Crippen LogP contribution in [0.3, 0.4) is 0 Å². The lowest BCUT2D eigenvalue weighted by molar-refractivity contribution is 0.0685. The van der Waals surface area contributed by atoms with Crippen LogP contribution in [0.15, 0.2) is 30.3 Å². The van der Waals surface area contributed by atoms with E-state index in [-0.39, 0.29) is 11.4 Å². The normalized spacial score (nSPS) is 10.2. The molecule has 19 heavy (non-hydrogen) atoms. The van der Waals surface area contributed by atoms with Crippen molar-refractivity contribution in [2.45, 2.75) is 0 Å². The van der Waals surface area contributed by atoms with E-state index in [1.165, 1.54) is 13.1 Å². The SMILES string of the molecule is Cn1nc(C(=O)Nc2ccc(Cl)cc2)cc1C(=O)O. The summed E-state index contributed by atoms with van der Waals surface area (Å²) in [5.41, 5.74) is 0.535. The highest BCUT2D eigenvalue weighted by atomic mass is 35.5. The summed E-state index contributed by atoms with van der Waals surface area (Å²) < 4.78 is 1.14. The second kappa shape index (κ2) is 5.11. The van der Waals surface area contributed by atoms with E-state index in [9.17, 15) is 9.59 Å². The Kier molecular flexibility index (Phi) is 3.52. The fourth-order valence-electron chi connectivity index (χ4n) is 1.51. The van der Waals surface area contributed by atoms with Crippen molar-refractivity contribution in [1.82, 2.24) is 9.78 Å². The zero-order valence-corrected chi connectivity index (χ0v) is 10.7. The summed E-state index contributed by atoms with van der Waals surface area (Å²) >= 11 is 5.73. The zero-order chi connectivity index (χ0) is 14.0. The summed E-state index contributed by atoms with van der Waals surface area (Å²) in [6, 6.07) is 7.77. The number of benzene rings is 1. The molecule has 0 saturated heterocycles. The number of aromatic nitrogens is 2. The smallest absolute Gasteiger partial charge is 0.354 e. The maximum Gasteiger partial charge on any atom is 0.354 e. The number of carboxylic acid groups (broad SMARTS) is 1. The molecule has 7 heteroatoms. The highest BCUT2D eigenvalue weighted by molar-refractivity contribution is 6.30. The molecule has 1 amide bonds. The molecule has 0 aliphatic heterocycles. The molecule has 0 atom stereocenters. The zero-order valence-electron chi connectivity index (χ0n) is 9.92. The van der Waals surface area contributed by atoms with Gasteiger partial charge in [0, 0.05) is 23.8 Å². The van der Waals surface area contributed by atoms with Crippen LogP contribution >= 0.6 is 11.6 Å². The van der Waals surface area contributed by atoms with Crippen LogP contribution in [0.4, 0.5) is 5.69 Å². The predicted molar refractivity (Wildman–Crippen MR) is 69.6 cm³/mol. The molecule has 1 aromatic heterocycles. The third-order valence-corrected chi connectivity index (χ3v) is 2.69. The number of hydrogen-bond acceptors (Lipinski definition) is 3. The number of carbonyl (C=O) groups is 2. The molecule has 0 saturated carbocycles. The Morgan fingerprint density at radius 2 is 1.95 bits per heavy atom. The molecular formula is C12H10ClN3O3. The summed E-state index contributed by atoms with van der Waals surface area (Å²) in [5.74, 6) is -1.62. The van der Waals surface area contributed by atoms with Crippen molar-refractivity contribution in [2.75, 3.05) is 5.32 Å². The fourth-order valence-corrected chi connectivity index (χ4v) is 1.63. The molecule has 2 N–H and O–H groups in total. The minimum absolute atomic E-state index is 0.0369. The Morgan fingerprint density at radius 1 is 1.32 bits per heavy atom. The van der Waals surface area contributed by atoms with Crippen LogP contribution < -0.4 is 5.32 Å². The number of nitrogens with one attached hydrogen (secondary N) is 1. The van der Waals surface area contributed by atoms with Gasteiger partial charge in [0.2, 0.25) is 0 Å². The van der Waals surface area contributed by atoms with Gasteiger partial charge >= 0.3 is 5.97 Å². The third-order valence-electron chi connectivity index (χ3n) is 2.43. The minimum atomic E-state index is -1.14. The van der Waals surface area contributed by atoms with Crippen LogP contribution in [-0.2, 0) is 7.05 Å². The lowest BCUT2D eigenvalue weighted by atomic mass is 10.3. The summed E-state index contributed by atoms with van der Waals surface area (Å²) in [7, 11) is 1.46. The summed E-state index contributed by atoms with van der Waals surface area (Å²) in [5, 5.41) is 15.9. The van der Waals surface area contributed by atoms with Gasteiger partial charge in [-0.25, -0.2) is 4.79 Å². The van der Waals surface area contributed by atoms with Gasteiger partial charge < -0.3 is 10.4 Å². The van der Waals surface area contributed by atoms with Gasteiger partial charge in [-0.3, -0.25) is 9.48 Å². The van der Waals surface area contributed by atoms with Gasteiger partial charge in [-0.2, -0.15) is 5.10 Å². The molecule has 98 valence electrons. The third kappa shape index (κ3) is 2.92. The molecule has 2 rings (SSSR count). The number of carboxylic acids is 1. The van der Waals surface area contributed by atoms with Gasteiger partial charge in [-0.1, -0.05) is 11.6 Å². The second-order valence-electron chi connectivity index (χ2n) is 3.80. The van der Waals surface area contributed by atoms with Crippen molar-refractivity contribution in [3.05, 3.63) is 46.7 Å². The van der Waals surface area contributed by atoms with Gasteiger partial charge in [-0.15, -0.1) is 0 Å². The number of amides is 1. The Morgan fingerprint density at radius 3 is 2.47 bits per heavy atom. The van der Waals surface area contributed by atoms with E-state index in [2.05, 4.69) is 10.4 Å². The van der Waals surface area contributed by atoms with Crippen molar-refractivity contribution in [3.63, 3.8) is 0 Å². The summed E-state index contributed by atoms with van der Waals surface area (Å²) in [6.45, 7) is 0. The molecule has 0 radical (unpaired) electrons. The predicted octanol–water partition coefficient (Wildman–Crippen LogP) is 2.02. The van der Waals surface area contributed by atoms with E-state index in [1.54, 1.807) is 24.3 Å². The monoisotopic (exact) mass is 279 g/mol. The van der Waals surface area contributed by atoms with E-state index in [4.69, 9.17) is 16.7 Å². The maximum absolute atomic E-state index is 11.9. The number of hydrogen-bond donors (Lipinski definition) is 2. The summed E-state index contributed by atoms with van der Waals surface area (Å²) in [6.07, 6.45) is 0. The lowest BCUT2D eigenvalue weighted by Gasteiger charge is -2.02. The van der Waals surface area contributed by atoms with Crippen LogP contribution in [0.5, 0.6) is 0 Å². The first-order valence-corrected chi connectivity index (χ1v) is 5.69. The van der Waals surface area contributed by atoms with Crippen molar-refractivity contribution < 1.29 is 14.7 Å². The summed E-state index contributed by atoms with van der Waals surface area (Å²) in [4.78, 5) is 22.7. The number of aromatic carboxylic acids is 1. The molecule has 1 aromatic carbocycles. The minimum Gasteiger partial charge on any atom is -0.477 e. The molecule has 0 aliphatic carbocycles. The highest BCUT2D eigenvalue weighted by Gasteiger charge is 2.16. The number of carbonyl (C=O) groups excluding carboxylic acids is 1. The van der Waals surface area contributed by atoms with Crippen LogP contribution in [0.25, 0.3) is 0 Å². The maximum atomic E-state index is 11.9. The Bertz CT molecular complexity index is 634.